The van der Waals surface area contributed by atoms with Crippen molar-refractivity contribution in [2.45, 2.75) is 37.9 Å². The van der Waals surface area contributed by atoms with E-state index in [2.05, 4.69) is 15.4 Å². The van der Waals surface area contributed by atoms with E-state index in [0.717, 1.165) is 5.70 Å². The highest BCUT2D eigenvalue weighted by Gasteiger charge is 2.42. The molecule has 3 aromatic rings. The number of carbonyl (C=O) groups excluding carboxylic acids is 2. The highest BCUT2D eigenvalue weighted by atomic mass is 32.2. The van der Waals surface area contributed by atoms with Gasteiger partial charge in [-0.05, 0) is 29.5 Å². The van der Waals surface area contributed by atoms with Gasteiger partial charge in [0.05, 0.1) is 10.7 Å². The van der Waals surface area contributed by atoms with Crippen molar-refractivity contribution in [1.29, 1.82) is 0 Å². The van der Waals surface area contributed by atoms with Gasteiger partial charge in [0.2, 0.25) is 11.1 Å². The van der Waals surface area contributed by atoms with E-state index < -0.39 is 11.0 Å². The van der Waals surface area contributed by atoms with E-state index >= 15 is 0 Å². The average molecular weight is 490 g/mol. The quantitative estimate of drug-likeness (QED) is 0.226. The molecule has 0 saturated heterocycles. The number of fused-ring (bicyclic) bond motifs is 1. The van der Waals surface area contributed by atoms with Crippen molar-refractivity contribution in [1.82, 2.24) is 14.8 Å². The monoisotopic (exact) mass is 489 g/mol. The number of benzene rings is 2. The fourth-order valence-corrected chi connectivity index (χ4v) is 5.30. The molecule has 9 nitrogen and oxygen atoms in total. The predicted molar refractivity (Wildman–Crippen MR) is 131 cm³/mol. The Balaban J connectivity index is 1.50. The summed E-state index contributed by atoms with van der Waals surface area (Å²) >= 11 is 1.23. The number of hydrogen-bond donors (Lipinski definition) is 1. The molecule has 1 aromatic heterocycles. The number of Topliss-reactive ketones (excluding diaryl/α,β-unsaturated/α-hetero) is 2. The number of nitrogens with zero attached hydrogens (tertiary/aromatic N) is 4. The number of hydrogen-bond acceptors (Lipinski definition) is 8. The Bertz CT molecular complexity index is 1360. The number of nitrogens with one attached hydrogen (secondary N) is 1. The minimum Gasteiger partial charge on any atom is -0.328 e. The molecule has 178 valence electrons. The molecule has 0 saturated carbocycles. The van der Waals surface area contributed by atoms with Gasteiger partial charge in [0.1, 0.15) is 6.04 Å². The molecule has 35 heavy (non-hydrogen) atoms. The zero-order valence-electron chi connectivity index (χ0n) is 19.2. The summed E-state index contributed by atoms with van der Waals surface area (Å²) < 4.78 is 1.64. The van der Waals surface area contributed by atoms with Gasteiger partial charge in [-0.3, -0.25) is 19.7 Å². The topological polar surface area (TPSA) is 120 Å². The molecule has 5 rings (SSSR count). The van der Waals surface area contributed by atoms with Crippen LogP contribution in [0.25, 0.3) is 0 Å². The van der Waals surface area contributed by atoms with Crippen LogP contribution in [0.2, 0.25) is 0 Å². The fraction of sp³-hybridized carbons (Fsp3) is 0.280. The molecule has 0 radical (unpaired) electrons. The molecule has 1 unspecified atom stereocenters. The third kappa shape index (κ3) is 4.49. The maximum atomic E-state index is 13.3. The van der Waals surface area contributed by atoms with Crippen LogP contribution in [0.15, 0.2) is 71.0 Å². The molecule has 1 aliphatic heterocycles. The molecule has 10 heteroatoms. The van der Waals surface area contributed by atoms with Gasteiger partial charge in [0.25, 0.3) is 5.69 Å². The summed E-state index contributed by atoms with van der Waals surface area (Å²) in [6, 6.07) is 14.6. The highest BCUT2D eigenvalue weighted by Crippen LogP contribution is 2.45. The summed E-state index contributed by atoms with van der Waals surface area (Å²) in [4.78, 5) is 41.1. The maximum absolute atomic E-state index is 13.3. The maximum Gasteiger partial charge on any atom is 0.269 e. The third-order valence-corrected chi connectivity index (χ3v) is 7.00. The van der Waals surface area contributed by atoms with Crippen molar-refractivity contribution >= 4 is 35.0 Å². The molecule has 0 amide bonds. The summed E-state index contributed by atoms with van der Waals surface area (Å²) in [7, 11) is 0. The number of allylic oxidation sites excluding steroid dienone is 2. The number of rotatable bonds is 6. The van der Waals surface area contributed by atoms with E-state index in [1.165, 1.54) is 23.9 Å². The van der Waals surface area contributed by atoms with Gasteiger partial charge in [-0.25, -0.2) is 4.68 Å². The van der Waals surface area contributed by atoms with E-state index in [0.29, 0.717) is 40.6 Å². The number of ketones is 2. The van der Waals surface area contributed by atoms with Crippen molar-refractivity contribution in [3.05, 3.63) is 87.1 Å². The Morgan fingerprint density at radius 1 is 1.17 bits per heavy atom. The number of non-ortho nitro benzene ring substituents is 1. The van der Waals surface area contributed by atoms with Gasteiger partial charge >= 0.3 is 0 Å². The first-order valence-electron chi connectivity index (χ1n) is 11.2. The zero-order valence-corrected chi connectivity index (χ0v) is 20.0. The highest BCUT2D eigenvalue weighted by molar-refractivity contribution is 7.99. The zero-order chi connectivity index (χ0) is 24.7. The SMILES string of the molecule is CC1(C)CC(=O)C2=C(C1)Nc1nc(SCC(=O)c3ccccc3)nn1C2c1ccc([N+](=O)[O-])cc1. The van der Waals surface area contributed by atoms with Crippen LogP contribution in [-0.2, 0) is 4.79 Å². The summed E-state index contributed by atoms with van der Waals surface area (Å²) in [5.74, 6) is 0.640. The van der Waals surface area contributed by atoms with E-state index in [-0.39, 0.29) is 28.4 Å². The second kappa shape index (κ2) is 8.77. The van der Waals surface area contributed by atoms with Crippen LogP contribution >= 0.6 is 11.8 Å². The van der Waals surface area contributed by atoms with E-state index in [1.54, 1.807) is 28.9 Å². The van der Waals surface area contributed by atoms with E-state index in [9.17, 15) is 19.7 Å². The molecule has 1 aliphatic carbocycles. The lowest BCUT2D eigenvalue weighted by atomic mass is 9.73. The minimum absolute atomic E-state index is 0.0155. The van der Waals surface area contributed by atoms with Gasteiger partial charge in [-0.2, -0.15) is 4.98 Å². The van der Waals surface area contributed by atoms with Gasteiger partial charge in [-0.15, -0.1) is 5.10 Å². The molecule has 1 N–H and O–H groups in total. The minimum atomic E-state index is -0.558. The number of nitro groups is 1. The van der Waals surface area contributed by atoms with Crippen molar-refractivity contribution in [3.63, 3.8) is 0 Å². The van der Waals surface area contributed by atoms with Gasteiger partial charge < -0.3 is 5.32 Å². The normalized spacial score (nSPS) is 18.5. The van der Waals surface area contributed by atoms with Gasteiger partial charge in [0.15, 0.2) is 11.6 Å². The Morgan fingerprint density at radius 3 is 2.57 bits per heavy atom. The van der Waals surface area contributed by atoms with Gasteiger partial charge in [0, 0.05) is 35.4 Å². The number of thioether (sulfide) groups is 1. The number of carbonyl (C=O) groups is 2. The van der Waals surface area contributed by atoms with Crippen LogP contribution in [-0.4, -0.2) is 37.0 Å². The first-order valence-corrected chi connectivity index (χ1v) is 12.2. The standard InChI is InChI=1S/C25H23N5O4S/c1-25(2)12-18-21(19(31)13-25)22(16-8-10-17(11-9-16)30(33)34)29-23(26-18)27-24(28-29)35-14-20(32)15-6-4-3-5-7-15/h3-11,22H,12-14H2,1-2H3,(H,26,27,28). The predicted octanol–water partition coefficient (Wildman–Crippen LogP) is 4.82. The number of aromatic nitrogens is 3. The smallest absolute Gasteiger partial charge is 0.269 e. The van der Waals surface area contributed by atoms with Crippen molar-refractivity contribution in [3.8, 4) is 0 Å². The van der Waals surface area contributed by atoms with Crippen LogP contribution in [0.5, 0.6) is 0 Å². The summed E-state index contributed by atoms with van der Waals surface area (Å²) in [5.41, 5.74) is 2.50. The molecule has 2 aromatic carbocycles. The van der Waals surface area contributed by atoms with Crippen molar-refractivity contribution in [2.75, 3.05) is 11.1 Å². The van der Waals surface area contributed by atoms with Crippen LogP contribution < -0.4 is 5.32 Å². The van der Waals surface area contributed by atoms with Crippen LogP contribution in [0.1, 0.15) is 48.7 Å². The first-order chi connectivity index (χ1) is 16.7. The van der Waals surface area contributed by atoms with Gasteiger partial charge in [-0.1, -0.05) is 55.9 Å². The lowest BCUT2D eigenvalue weighted by molar-refractivity contribution is -0.384. The Hall–Kier alpha value is -3.79. The van der Waals surface area contributed by atoms with E-state index in [4.69, 9.17) is 0 Å². The van der Waals surface area contributed by atoms with Crippen molar-refractivity contribution < 1.29 is 14.5 Å². The Labute approximate surface area is 205 Å². The fourth-order valence-electron chi connectivity index (χ4n) is 4.57. The largest absolute Gasteiger partial charge is 0.328 e. The number of anilines is 1. The summed E-state index contributed by atoms with van der Waals surface area (Å²) in [6.07, 6.45) is 1.06. The molecule has 0 fully saturated rings. The summed E-state index contributed by atoms with van der Waals surface area (Å²) in [6.45, 7) is 4.10. The molecule has 0 bridgehead atoms. The molecule has 1 atom stereocenters. The lowest BCUT2D eigenvalue weighted by Gasteiger charge is -2.38. The lowest BCUT2D eigenvalue weighted by Crippen LogP contribution is -2.36. The molecular weight excluding hydrogens is 466 g/mol. The van der Waals surface area contributed by atoms with Crippen molar-refractivity contribution in [2.24, 2.45) is 5.41 Å². The molecule has 2 aliphatic rings. The summed E-state index contributed by atoms with van der Waals surface area (Å²) in [5, 5.41) is 19.5. The van der Waals surface area contributed by atoms with Crippen LogP contribution in [0, 0.1) is 15.5 Å². The number of nitro benzene ring substituents is 1. The van der Waals surface area contributed by atoms with Crippen LogP contribution in [0.4, 0.5) is 11.6 Å². The molecular formula is C25H23N5O4S. The molecule has 0 spiro atoms. The van der Waals surface area contributed by atoms with E-state index in [1.807, 2.05) is 32.0 Å². The van der Waals surface area contributed by atoms with Crippen LogP contribution in [0.3, 0.4) is 0 Å². The average Bonchev–Trinajstić information content (AvgIpc) is 3.23. The first kappa shape index (κ1) is 23.0. The third-order valence-electron chi connectivity index (χ3n) is 6.16. The Kier molecular flexibility index (Phi) is 5.76. The second-order valence-electron chi connectivity index (χ2n) is 9.45. The second-order valence-corrected chi connectivity index (χ2v) is 10.4. The Morgan fingerprint density at radius 2 is 1.89 bits per heavy atom. The molecule has 2 heterocycles.